The summed E-state index contributed by atoms with van der Waals surface area (Å²) in [7, 11) is 0. The van der Waals surface area contributed by atoms with Gasteiger partial charge >= 0.3 is 17.9 Å². The Morgan fingerprint density at radius 1 is 0.427 bits per heavy atom. The first-order chi connectivity index (χ1) is 47.0. The van der Waals surface area contributed by atoms with Gasteiger partial charge in [-0.2, -0.15) is 0 Å². The third kappa shape index (κ3) is 13.3. The van der Waals surface area contributed by atoms with E-state index < -0.39 is 17.9 Å². The summed E-state index contributed by atoms with van der Waals surface area (Å²) in [5.41, 5.74) is 11.7. The molecule has 4 aromatic carbocycles. The number of aromatic nitrogens is 9. The Kier molecular flexibility index (Phi) is 19.5. The molecule has 3 aliphatic rings. The second-order valence-corrected chi connectivity index (χ2v) is 31.1. The summed E-state index contributed by atoms with van der Waals surface area (Å²) in [6.07, 6.45) is 8.56. The van der Waals surface area contributed by atoms with E-state index in [1.165, 1.54) is 22.7 Å². The normalized spacial score (nSPS) is 15.8. The third-order valence-electron chi connectivity index (χ3n) is 15.5. The van der Waals surface area contributed by atoms with Crippen LogP contribution < -0.4 is 0 Å². The summed E-state index contributed by atoms with van der Waals surface area (Å²) in [5, 5.41) is 34.8. The molecule has 0 bridgehead atoms. The summed E-state index contributed by atoms with van der Waals surface area (Å²) < 4.78 is 28.0. The molecule has 0 saturated heterocycles. The summed E-state index contributed by atoms with van der Waals surface area (Å²) in [5.74, 6) is -2.02. The predicted octanol–water partition coefficient (Wildman–Crippen LogP) is 20.0. The highest BCUT2D eigenvalue weighted by Gasteiger charge is 2.36. The van der Waals surface area contributed by atoms with Crippen LogP contribution in [0.2, 0.25) is 0 Å². The molecule has 9 aromatic heterocycles. The topological polar surface area (TPSA) is 245 Å². The number of carbonyl (C=O) groups excluding carboxylic acids is 2. The minimum Gasteiger partial charge on any atom is -0.477 e. The number of esters is 2. The number of pyridine rings is 3. The van der Waals surface area contributed by atoms with Crippen molar-refractivity contribution in [3.05, 3.63) is 228 Å². The van der Waals surface area contributed by atoms with Gasteiger partial charge in [-0.05, 0) is 155 Å². The van der Waals surface area contributed by atoms with E-state index in [9.17, 15) is 19.5 Å². The average molecular weight is 1510 g/mol. The first kappa shape index (κ1) is 64.6. The SMILES string of the molecule is CCOC(=O)c1nc(-c2ccc(-c3ccccc3)s2)c2nonc2c1C1CC=C(c2ccccc2)S1.CCOC(=O)c1nc(-c2ccc(Br)s2)c2nonc2c1C1CC=C(Br)S1.O=C(O)c1nc(-c2ccc(-c3ccccc3)s2)c2nonc2c1C1CC=C(c2ccccc2)S1. The van der Waals surface area contributed by atoms with Crippen LogP contribution in [0.15, 0.2) is 197 Å². The number of rotatable bonds is 15. The maximum Gasteiger partial charge on any atom is 0.357 e. The molecule has 26 heteroatoms. The van der Waals surface area contributed by atoms with E-state index in [2.05, 4.69) is 133 Å². The van der Waals surface area contributed by atoms with Gasteiger partial charge in [0.15, 0.2) is 33.6 Å². The summed E-state index contributed by atoms with van der Waals surface area (Å²) in [6.45, 7) is 4.09. The Morgan fingerprint density at radius 3 is 1.15 bits per heavy atom. The standard InChI is InChI=1S/C28H21N3O3S2.C26H17N3O3S2.C16H11Br2N3O3S2/c1-2-33-28(32)26-23(21-15-13-19(35-21)17-9-5-3-6-10-17)25-27(31-34-30-25)24(29-26)22-16-14-20(36-22)18-11-7-4-8-12-18;30-26(31)24-21(19-13-11-17(33-19)15-7-3-1-4-8-15)23-25(29-32-28-23)22(27-24)20-14-12-18(34-20)16-9-5-2-6-10-16;1-2-23-16(22)14-11(7-3-5-9(17)25-7)13-15(21-24-20-13)12(19-14)8-4-6-10(18)26-8/h3-14,16,21H,2,15H2,1H3;1-12,14,19H,13H2,(H,30,31);4-7H,2-3H2,1H3. The fraction of sp³-hybridized carbons (Fsp3) is 0.143. The number of nitrogens with zero attached hydrogens (tertiary/aromatic N) is 9. The molecule has 0 saturated carbocycles. The largest absolute Gasteiger partial charge is 0.477 e. The predicted molar refractivity (Wildman–Crippen MR) is 387 cm³/mol. The maximum atomic E-state index is 13.2. The molecule has 96 heavy (non-hydrogen) atoms. The number of carboxylic acid groups (broad SMARTS) is 1. The molecule has 12 heterocycles. The first-order valence-corrected chi connectivity index (χ1v) is 36.7. The third-order valence-corrected chi connectivity index (χ3v) is 24.1. The second-order valence-electron chi connectivity index (χ2n) is 21.4. The van der Waals surface area contributed by atoms with Crippen molar-refractivity contribution >= 4 is 162 Å². The number of carboxylic acids is 1. The maximum absolute atomic E-state index is 13.2. The van der Waals surface area contributed by atoms with Gasteiger partial charge in [-0.1, -0.05) is 140 Å². The van der Waals surface area contributed by atoms with Gasteiger partial charge in [0.25, 0.3) is 0 Å². The summed E-state index contributed by atoms with van der Waals surface area (Å²) >= 11 is 16.5. The number of fused-ring (bicyclic) bond motifs is 3. The van der Waals surface area contributed by atoms with E-state index in [-0.39, 0.29) is 46.0 Å². The van der Waals surface area contributed by atoms with Gasteiger partial charge in [0.2, 0.25) is 0 Å². The van der Waals surface area contributed by atoms with Crippen molar-refractivity contribution in [3.8, 4) is 52.6 Å². The number of allylic oxidation sites excluding steroid dienone is 3. The Labute approximate surface area is 588 Å². The zero-order valence-corrected chi connectivity index (χ0v) is 58.5. The minimum absolute atomic E-state index is 0.00481. The quantitative estimate of drug-likeness (QED) is 0.0937. The van der Waals surface area contributed by atoms with E-state index >= 15 is 0 Å². The van der Waals surface area contributed by atoms with Crippen LogP contribution in [0.3, 0.4) is 0 Å². The van der Waals surface area contributed by atoms with Crippen LogP contribution in [0, 0.1) is 0 Å². The lowest BCUT2D eigenvalue weighted by molar-refractivity contribution is 0.0509. The number of hydrogen-bond donors (Lipinski definition) is 1. The van der Waals surface area contributed by atoms with E-state index in [1.54, 1.807) is 60.5 Å². The molecule has 0 fully saturated rings. The molecule has 3 aliphatic heterocycles. The molecule has 3 unspecified atom stereocenters. The molecule has 18 nitrogen and oxygen atoms in total. The lowest BCUT2D eigenvalue weighted by Gasteiger charge is -2.15. The van der Waals surface area contributed by atoms with Gasteiger partial charge in [0, 0.05) is 55.8 Å². The smallest absolute Gasteiger partial charge is 0.357 e. The fourth-order valence-corrected chi connectivity index (χ4v) is 19.1. The molecule has 0 amide bonds. The van der Waals surface area contributed by atoms with Crippen LogP contribution in [0.5, 0.6) is 0 Å². The van der Waals surface area contributed by atoms with Crippen molar-refractivity contribution < 1.29 is 42.9 Å². The number of thioether (sulfide) groups is 3. The summed E-state index contributed by atoms with van der Waals surface area (Å²) in [4.78, 5) is 59.3. The zero-order valence-electron chi connectivity index (χ0n) is 50.5. The highest BCUT2D eigenvalue weighted by atomic mass is 79.9. The first-order valence-electron chi connectivity index (χ1n) is 30.0. The molecule has 16 rings (SSSR count). The molecular formula is C70H49Br2N9O9S6. The Morgan fingerprint density at radius 2 is 0.771 bits per heavy atom. The van der Waals surface area contributed by atoms with Crippen LogP contribution in [0.1, 0.15) is 108 Å². The molecule has 13 aromatic rings. The van der Waals surface area contributed by atoms with E-state index in [0.717, 1.165) is 76.9 Å². The van der Waals surface area contributed by atoms with Gasteiger partial charge in [-0.15, -0.1) is 69.3 Å². The molecule has 3 atom stereocenters. The van der Waals surface area contributed by atoms with Crippen LogP contribution >= 0.6 is 101 Å². The number of halogens is 2. The monoisotopic (exact) mass is 1510 g/mol. The van der Waals surface area contributed by atoms with Crippen LogP contribution in [-0.2, 0) is 9.47 Å². The zero-order chi connectivity index (χ0) is 65.8. The van der Waals surface area contributed by atoms with Crippen molar-refractivity contribution in [2.24, 2.45) is 0 Å². The molecule has 0 spiro atoms. The highest BCUT2D eigenvalue weighted by molar-refractivity contribution is 9.14. The van der Waals surface area contributed by atoms with Gasteiger partial charge in [0.05, 0.1) is 31.6 Å². The van der Waals surface area contributed by atoms with Crippen LogP contribution in [-0.4, -0.2) is 82.1 Å². The van der Waals surface area contributed by atoms with Crippen molar-refractivity contribution in [1.29, 1.82) is 0 Å². The fourth-order valence-electron chi connectivity index (χ4n) is 11.2. The van der Waals surface area contributed by atoms with Crippen molar-refractivity contribution in [2.45, 2.75) is 48.9 Å². The number of ether oxygens (including phenoxy) is 2. The van der Waals surface area contributed by atoms with Crippen LogP contribution in [0.4, 0.5) is 0 Å². The van der Waals surface area contributed by atoms with Crippen LogP contribution in [0.25, 0.3) is 95.5 Å². The lowest BCUT2D eigenvalue weighted by atomic mass is 10.0. The Bertz CT molecular complexity index is 5150. The van der Waals surface area contributed by atoms with Gasteiger partial charge in [0.1, 0.15) is 33.6 Å². The van der Waals surface area contributed by atoms with Gasteiger partial charge < -0.3 is 14.6 Å². The Hall–Kier alpha value is -8.73. The van der Waals surface area contributed by atoms with Crippen molar-refractivity contribution in [1.82, 2.24) is 45.9 Å². The van der Waals surface area contributed by atoms with E-state index in [4.69, 9.17) is 28.3 Å². The number of hydrogen-bond acceptors (Lipinski definition) is 23. The van der Waals surface area contributed by atoms with Crippen molar-refractivity contribution in [3.63, 3.8) is 0 Å². The number of carbonyl (C=O) groups is 3. The molecule has 478 valence electrons. The highest BCUT2D eigenvalue weighted by Crippen LogP contribution is 2.54. The second kappa shape index (κ2) is 28.9. The number of benzene rings is 4. The minimum atomic E-state index is -1.09. The molecule has 1 N–H and O–H groups in total. The summed E-state index contributed by atoms with van der Waals surface area (Å²) in [6, 6.07) is 52.3. The molecular weight excluding hydrogens is 1460 g/mol. The van der Waals surface area contributed by atoms with E-state index in [1.807, 2.05) is 115 Å². The Balaban J connectivity index is 0.000000125. The number of aromatic carboxylic acids is 1. The van der Waals surface area contributed by atoms with E-state index in [0.29, 0.717) is 73.3 Å². The van der Waals surface area contributed by atoms with Crippen molar-refractivity contribution in [2.75, 3.05) is 13.2 Å². The molecule has 0 aliphatic carbocycles. The lowest BCUT2D eigenvalue weighted by Crippen LogP contribution is -2.13. The average Bonchev–Trinajstić information content (AvgIpc) is 1.55. The van der Waals surface area contributed by atoms with Gasteiger partial charge in [-0.3, -0.25) is 0 Å². The number of thiophene rings is 3. The molecule has 0 radical (unpaired) electrons. The van der Waals surface area contributed by atoms with Gasteiger partial charge in [-0.25, -0.2) is 43.2 Å².